The third-order valence-corrected chi connectivity index (χ3v) is 2.89. The van der Waals surface area contributed by atoms with Gasteiger partial charge < -0.3 is 10.1 Å². The van der Waals surface area contributed by atoms with Crippen molar-refractivity contribution in [3.8, 4) is 6.07 Å². The summed E-state index contributed by atoms with van der Waals surface area (Å²) < 4.78 is 5.02. The van der Waals surface area contributed by atoms with Gasteiger partial charge in [0.15, 0.2) is 0 Å². The van der Waals surface area contributed by atoms with Crippen molar-refractivity contribution in [2.75, 3.05) is 6.61 Å². The molecular weight excluding hydrogens is 226 g/mol. The summed E-state index contributed by atoms with van der Waals surface area (Å²) in [5, 5.41) is 12.0. The second-order valence-corrected chi connectivity index (χ2v) is 4.29. The highest BCUT2D eigenvalue weighted by Gasteiger charge is 2.17. The number of carbonyl (C=O) groups is 1. The van der Waals surface area contributed by atoms with Crippen LogP contribution in [0.4, 0.5) is 0 Å². The summed E-state index contributed by atoms with van der Waals surface area (Å²) in [5.74, 6) is -0.317. The van der Waals surface area contributed by atoms with Gasteiger partial charge in [-0.25, -0.2) is 4.98 Å². The Labute approximate surface area is 98.1 Å². The SMILES string of the molecule is CCOC(C#N)NC(=O)c1sc(C)nc1C. The van der Waals surface area contributed by atoms with Crippen molar-refractivity contribution in [3.63, 3.8) is 0 Å². The molecule has 0 saturated carbocycles. The van der Waals surface area contributed by atoms with Crippen LogP contribution in [0.15, 0.2) is 0 Å². The Morgan fingerprint density at radius 1 is 1.69 bits per heavy atom. The molecule has 1 atom stereocenters. The number of hydrogen-bond donors (Lipinski definition) is 1. The minimum absolute atomic E-state index is 0.317. The average molecular weight is 239 g/mol. The molecule has 0 fully saturated rings. The number of hydrogen-bond acceptors (Lipinski definition) is 5. The van der Waals surface area contributed by atoms with E-state index in [-0.39, 0.29) is 5.91 Å². The molecule has 0 aliphatic rings. The van der Waals surface area contributed by atoms with Crippen molar-refractivity contribution in [1.82, 2.24) is 10.3 Å². The molecule has 1 amide bonds. The van der Waals surface area contributed by atoms with Crippen molar-refractivity contribution >= 4 is 17.2 Å². The van der Waals surface area contributed by atoms with Crippen LogP contribution < -0.4 is 5.32 Å². The first-order valence-electron chi connectivity index (χ1n) is 4.84. The van der Waals surface area contributed by atoms with Gasteiger partial charge in [-0.05, 0) is 20.8 Å². The van der Waals surface area contributed by atoms with Gasteiger partial charge in [-0.1, -0.05) is 0 Å². The molecule has 1 unspecified atom stereocenters. The Balaban J connectivity index is 2.72. The van der Waals surface area contributed by atoms with Crippen molar-refractivity contribution in [3.05, 3.63) is 15.6 Å². The van der Waals surface area contributed by atoms with Crippen LogP contribution in [0.5, 0.6) is 0 Å². The zero-order chi connectivity index (χ0) is 12.1. The van der Waals surface area contributed by atoms with Gasteiger partial charge in [0.25, 0.3) is 5.91 Å². The normalized spacial score (nSPS) is 11.9. The van der Waals surface area contributed by atoms with Crippen LogP contribution >= 0.6 is 11.3 Å². The number of nitrogens with zero attached hydrogens (tertiary/aromatic N) is 2. The Morgan fingerprint density at radius 3 is 2.81 bits per heavy atom. The van der Waals surface area contributed by atoms with Crippen molar-refractivity contribution in [2.45, 2.75) is 27.0 Å². The number of nitriles is 1. The lowest BCUT2D eigenvalue weighted by Gasteiger charge is -2.10. The third-order valence-electron chi connectivity index (χ3n) is 1.82. The van der Waals surface area contributed by atoms with Crippen molar-refractivity contribution in [1.29, 1.82) is 5.26 Å². The van der Waals surface area contributed by atoms with Crippen molar-refractivity contribution in [2.24, 2.45) is 0 Å². The van der Waals surface area contributed by atoms with Gasteiger partial charge in [0.1, 0.15) is 10.9 Å². The van der Waals surface area contributed by atoms with E-state index >= 15 is 0 Å². The molecule has 1 rings (SSSR count). The molecule has 0 bridgehead atoms. The minimum atomic E-state index is -0.903. The van der Waals surface area contributed by atoms with Crippen molar-refractivity contribution < 1.29 is 9.53 Å². The van der Waals surface area contributed by atoms with E-state index in [0.717, 1.165) is 5.01 Å². The molecule has 1 N–H and O–H groups in total. The van der Waals surface area contributed by atoms with Crippen LogP contribution in [0.2, 0.25) is 0 Å². The molecule has 0 spiro atoms. The number of aromatic nitrogens is 1. The molecule has 0 saturated heterocycles. The van der Waals surface area contributed by atoms with Crippen LogP contribution in [0.3, 0.4) is 0 Å². The Hall–Kier alpha value is -1.45. The zero-order valence-electron chi connectivity index (χ0n) is 9.40. The highest BCUT2D eigenvalue weighted by atomic mass is 32.1. The molecule has 0 aromatic carbocycles. The predicted molar refractivity (Wildman–Crippen MR) is 60.1 cm³/mol. The van der Waals surface area contributed by atoms with E-state index in [2.05, 4.69) is 10.3 Å². The summed E-state index contributed by atoms with van der Waals surface area (Å²) in [4.78, 5) is 16.4. The average Bonchev–Trinajstić information content (AvgIpc) is 2.57. The zero-order valence-corrected chi connectivity index (χ0v) is 10.2. The van der Waals surface area contributed by atoms with Gasteiger partial charge in [0.2, 0.25) is 6.23 Å². The molecule has 16 heavy (non-hydrogen) atoms. The van der Waals surface area contributed by atoms with E-state index in [0.29, 0.717) is 17.2 Å². The van der Waals surface area contributed by atoms with Crippen LogP contribution in [-0.2, 0) is 4.74 Å². The fraction of sp³-hybridized carbons (Fsp3) is 0.500. The molecule has 5 nitrogen and oxygen atoms in total. The van der Waals surface area contributed by atoms with Crippen LogP contribution in [0, 0.1) is 25.2 Å². The second kappa shape index (κ2) is 5.58. The van der Waals surface area contributed by atoms with E-state index in [9.17, 15) is 4.79 Å². The lowest BCUT2D eigenvalue weighted by Crippen LogP contribution is -2.35. The Morgan fingerprint density at radius 2 is 2.38 bits per heavy atom. The highest BCUT2D eigenvalue weighted by Crippen LogP contribution is 2.16. The van der Waals surface area contributed by atoms with Gasteiger partial charge in [-0.3, -0.25) is 4.79 Å². The summed E-state index contributed by atoms with van der Waals surface area (Å²) in [6, 6.07) is 1.86. The highest BCUT2D eigenvalue weighted by molar-refractivity contribution is 7.13. The molecule has 0 aliphatic heterocycles. The number of aryl methyl sites for hydroxylation is 2. The minimum Gasteiger partial charge on any atom is -0.346 e. The van der Waals surface area contributed by atoms with E-state index in [1.54, 1.807) is 13.8 Å². The molecule has 1 aromatic heterocycles. The van der Waals surface area contributed by atoms with E-state index < -0.39 is 6.23 Å². The first-order chi connectivity index (χ1) is 7.58. The molecule has 1 aromatic rings. The summed E-state index contributed by atoms with van der Waals surface area (Å²) in [6.07, 6.45) is -0.903. The monoisotopic (exact) mass is 239 g/mol. The third kappa shape index (κ3) is 3.02. The standard InChI is InChI=1S/C10H13N3O2S/c1-4-15-8(5-11)13-10(14)9-6(2)12-7(3)16-9/h8H,4H2,1-3H3,(H,13,14). The first-order valence-corrected chi connectivity index (χ1v) is 5.66. The van der Waals surface area contributed by atoms with Crippen LogP contribution in [-0.4, -0.2) is 23.7 Å². The second-order valence-electron chi connectivity index (χ2n) is 3.09. The molecule has 0 radical (unpaired) electrons. The van der Waals surface area contributed by atoms with Gasteiger partial charge in [-0.15, -0.1) is 11.3 Å². The number of carbonyl (C=O) groups excluding carboxylic acids is 1. The Bertz CT molecular complexity index is 422. The summed E-state index contributed by atoms with van der Waals surface area (Å²) in [7, 11) is 0. The van der Waals surface area contributed by atoms with Gasteiger partial charge in [0, 0.05) is 6.61 Å². The molecule has 86 valence electrons. The van der Waals surface area contributed by atoms with E-state index in [1.165, 1.54) is 11.3 Å². The maximum absolute atomic E-state index is 11.8. The van der Waals surface area contributed by atoms with Crippen LogP contribution in [0.25, 0.3) is 0 Å². The van der Waals surface area contributed by atoms with Gasteiger partial charge >= 0.3 is 0 Å². The summed E-state index contributed by atoms with van der Waals surface area (Å²) in [6.45, 7) is 5.73. The number of ether oxygens (including phenoxy) is 1. The van der Waals surface area contributed by atoms with E-state index in [4.69, 9.17) is 10.00 Å². The predicted octanol–water partition coefficient (Wildman–Crippen LogP) is 1.38. The maximum Gasteiger partial charge on any atom is 0.266 e. The number of rotatable bonds is 4. The number of amides is 1. The number of thiazole rings is 1. The van der Waals surface area contributed by atoms with Crippen LogP contribution in [0.1, 0.15) is 27.3 Å². The maximum atomic E-state index is 11.8. The van der Waals surface area contributed by atoms with E-state index in [1.807, 2.05) is 13.0 Å². The van der Waals surface area contributed by atoms with Gasteiger partial charge in [-0.2, -0.15) is 5.26 Å². The number of nitrogens with one attached hydrogen (secondary N) is 1. The quantitative estimate of drug-likeness (QED) is 0.805. The molecule has 6 heteroatoms. The lowest BCUT2D eigenvalue weighted by atomic mass is 10.3. The molecular formula is C10H13N3O2S. The largest absolute Gasteiger partial charge is 0.346 e. The topological polar surface area (TPSA) is 75.0 Å². The lowest BCUT2D eigenvalue weighted by molar-refractivity contribution is 0.0617. The molecule has 1 heterocycles. The fourth-order valence-electron chi connectivity index (χ4n) is 1.20. The fourth-order valence-corrected chi connectivity index (χ4v) is 2.03. The van der Waals surface area contributed by atoms with Gasteiger partial charge in [0.05, 0.1) is 10.7 Å². The Kier molecular flexibility index (Phi) is 4.40. The first kappa shape index (κ1) is 12.6. The molecule has 0 aliphatic carbocycles. The summed E-state index contributed by atoms with van der Waals surface area (Å²) >= 11 is 1.30. The smallest absolute Gasteiger partial charge is 0.266 e. The summed E-state index contributed by atoms with van der Waals surface area (Å²) in [5.41, 5.74) is 0.674.